The Hall–Kier alpha value is -0.340. The van der Waals surface area contributed by atoms with Gasteiger partial charge in [0, 0.05) is 18.1 Å². The first-order valence-corrected chi connectivity index (χ1v) is 8.84. The molecular weight excluding hydrogens is 244 g/mol. The van der Waals surface area contributed by atoms with Crippen LogP contribution < -0.4 is 5.32 Å². The van der Waals surface area contributed by atoms with E-state index in [4.69, 9.17) is 0 Å². The first-order chi connectivity index (χ1) is 9.70. The quantitative estimate of drug-likeness (QED) is 0.793. The average molecular weight is 274 g/mol. The molecule has 2 nitrogen and oxygen atoms in total. The number of allylic oxidation sites excluding steroid dienone is 2. The molecular formula is C18H30N2. The topological polar surface area (TPSA) is 15.3 Å². The van der Waals surface area contributed by atoms with Crippen LogP contribution in [0.25, 0.3) is 0 Å². The van der Waals surface area contributed by atoms with Gasteiger partial charge in [0.2, 0.25) is 0 Å². The van der Waals surface area contributed by atoms with Gasteiger partial charge in [-0.2, -0.15) is 0 Å². The molecule has 2 heterocycles. The van der Waals surface area contributed by atoms with Crippen molar-refractivity contribution in [1.29, 1.82) is 0 Å². The molecule has 4 bridgehead atoms. The highest BCUT2D eigenvalue weighted by molar-refractivity contribution is 5.11. The molecule has 0 aromatic carbocycles. The van der Waals surface area contributed by atoms with Crippen molar-refractivity contribution in [3.05, 3.63) is 12.2 Å². The Morgan fingerprint density at radius 1 is 1.10 bits per heavy atom. The fourth-order valence-electron chi connectivity index (χ4n) is 5.59. The molecule has 6 unspecified atom stereocenters. The molecule has 2 heteroatoms. The highest BCUT2D eigenvalue weighted by Gasteiger charge is 2.40. The van der Waals surface area contributed by atoms with Crippen LogP contribution in [-0.2, 0) is 0 Å². The SMILES string of the molecule is CC(NCC1CC2CCC(C1)N2C)C1CC2C=CC1C2. The van der Waals surface area contributed by atoms with Crippen LogP contribution in [0.2, 0.25) is 0 Å². The molecule has 0 spiro atoms. The molecule has 4 rings (SSSR count). The number of hydrogen-bond acceptors (Lipinski definition) is 2. The van der Waals surface area contributed by atoms with Gasteiger partial charge in [-0.1, -0.05) is 12.2 Å². The highest BCUT2D eigenvalue weighted by atomic mass is 15.2. The Kier molecular flexibility index (Phi) is 3.42. The normalized spacial score (nSPS) is 48.1. The lowest BCUT2D eigenvalue weighted by atomic mass is 9.86. The summed E-state index contributed by atoms with van der Waals surface area (Å²) in [6, 6.07) is 2.50. The van der Waals surface area contributed by atoms with E-state index >= 15 is 0 Å². The summed E-state index contributed by atoms with van der Waals surface area (Å²) in [5.41, 5.74) is 0. The zero-order valence-corrected chi connectivity index (χ0v) is 13.1. The van der Waals surface area contributed by atoms with Gasteiger partial charge in [-0.05, 0) is 82.7 Å². The van der Waals surface area contributed by atoms with E-state index < -0.39 is 0 Å². The van der Waals surface area contributed by atoms with Crippen molar-refractivity contribution in [2.45, 2.75) is 63.6 Å². The van der Waals surface area contributed by atoms with E-state index in [9.17, 15) is 0 Å². The van der Waals surface area contributed by atoms with Crippen molar-refractivity contribution in [2.24, 2.45) is 23.7 Å². The Labute approximate surface area is 124 Å². The summed E-state index contributed by atoms with van der Waals surface area (Å²) in [4.78, 5) is 2.65. The molecule has 4 aliphatic rings. The minimum Gasteiger partial charge on any atom is -0.314 e. The fourth-order valence-corrected chi connectivity index (χ4v) is 5.59. The van der Waals surface area contributed by atoms with Gasteiger partial charge in [-0.3, -0.25) is 0 Å². The molecule has 0 radical (unpaired) electrons. The van der Waals surface area contributed by atoms with Crippen LogP contribution in [0, 0.1) is 23.7 Å². The average Bonchev–Trinajstić information content (AvgIpc) is 3.11. The van der Waals surface area contributed by atoms with E-state index in [0.29, 0.717) is 6.04 Å². The third-order valence-corrected chi connectivity index (χ3v) is 6.90. The molecule has 20 heavy (non-hydrogen) atoms. The zero-order valence-electron chi connectivity index (χ0n) is 13.1. The Balaban J connectivity index is 1.28. The summed E-state index contributed by atoms with van der Waals surface area (Å²) in [5.74, 6) is 3.64. The van der Waals surface area contributed by atoms with E-state index in [1.54, 1.807) is 0 Å². The van der Waals surface area contributed by atoms with Crippen molar-refractivity contribution < 1.29 is 0 Å². The first kappa shape index (κ1) is 13.3. The highest BCUT2D eigenvalue weighted by Crippen LogP contribution is 2.45. The van der Waals surface area contributed by atoms with Crippen LogP contribution in [0.15, 0.2) is 12.2 Å². The smallest absolute Gasteiger partial charge is 0.00988 e. The van der Waals surface area contributed by atoms with E-state index in [2.05, 4.69) is 36.3 Å². The number of nitrogens with one attached hydrogen (secondary N) is 1. The summed E-state index contributed by atoms with van der Waals surface area (Å²) in [7, 11) is 2.34. The van der Waals surface area contributed by atoms with Crippen molar-refractivity contribution >= 4 is 0 Å². The maximum Gasteiger partial charge on any atom is 0.00988 e. The van der Waals surface area contributed by atoms with Crippen molar-refractivity contribution in [1.82, 2.24) is 10.2 Å². The largest absolute Gasteiger partial charge is 0.314 e. The summed E-state index contributed by atoms with van der Waals surface area (Å²) in [6.07, 6.45) is 13.6. The monoisotopic (exact) mass is 274 g/mol. The minimum absolute atomic E-state index is 0.715. The predicted molar refractivity (Wildman–Crippen MR) is 83.6 cm³/mol. The van der Waals surface area contributed by atoms with Gasteiger partial charge in [-0.15, -0.1) is 0 Å². The van der Waals surface area contributed by atoms with Gasteiger partial charge in [-0.25, -0.2) is 0 Å². The zero-order chi connectivity index (χ0) is 13.7. The van der Waals surface area contributed by atoms with Gasteiger partial charge >= 0.3 is 0 Å². The molecule has 0 aromatic rings. The third kappa shape index (κ3) is 2.25. The Morgan fingerprint density at radius 2 is 1.85 bits per heavy atom. The lowest BCUT2D eigenvalue weighted by molar-refractivity contribution is 0.129. The summed E-state index contributed by atoms with van der Waals surface area (Å²) in [6.45, 7) is 3.70. The van der Waals surface area contributed by atoms with Gasteiger partial charge in [0.05, 0.1) is 0 Å². The predicted octanol–water partition coefficient (Wildman–Crippen LogP) is 3.05. The number of rotatable bonds is 4. The van der Waals surface area contributed by atoms with Crippen LogP contribution in [0.5, 0.6) is 0 Å². The standard InChI is InChI=1S/C18H30N2/c1-12(18-10-13-3-4-15(18)7-13)19-11-14-8-16-5-6-17(9-14)20(16)2/h3-4,12-19H,5-11H2,1-2H3. The second-order valence-corrected chi connectivity index (χ2v) is 8.03. The molecule has 1 N–H and O–H groups in total. The second-order valence-electron chi connectivity index (χ2n) is 8.03. The molecule has 2 aliphatic heterocycles. The van der Waals surface area contributed by atoms with Crippen LogP contribution >= 0.6 is 0 Å². The van der Waals surface area contributed by atoms with Crippen LogP contribution in [0.4, 0.5) is 0 Å². The molecule has 3 fully saturated rings. The molecule has 0 aromatic heterocycles. The number of piperidine rings is 1. The van der Waals surface area contributed by atoms with Crippen LogP contribution in [-0.4, -0.2) is 36.6 Å². The van der Waals surface area contributed by atoms with Crippen LogP contribution in [0.3, 0.4) is 0 Å². The number of fused-ring (bicyclic) bond motifs is 4. The summed E-state index contributed by atoms with van der Waals surface area (Å²) >= 11 is 0. The molecule has 0 amide bonds. The molecule has 2 saturated heterocycles. The van der Waals surface area contributed by atoms with Crippen molar-refractivity contribution in [2.75, 3.05) is 13.6 Å². The number of nitrogens with zero attached hydrogens (tertiary/aromatic N) is 1. The molecule has 2 aliphatic carbocycles. The van der Waals surface area contributed by atoms with Gasteiger partial charge in [0.25, 0.3) is 0 Å². The van der Waals surface area contributed by atoms with Crippen molar-refractivity contribution in [3.8, 4) is 0 Å². The first-order valence-electron chi connectivity index (χ1n) is 8.84. The maximum atomic E-state index is 3.91. The van der Waals surface area contributed by atoms with Gasteiger partial charge in [0.15, 0.2) is 0 Å². The second kappa shape index (κ2) is 5.14. The number of hydrogen-bond donors (Lipinski definition) is 1. The Bertz CT molecular complexity index is 377. The van der Waals surface area contributed by atoms with E-state index in [1.165, 1.54) is 45.1 Å². The fraction of sp³-hybridized carbons (Fsp3) is 0.889. The van der Waals surface area contributed by atoms with Gasteiger partial charge in [0.1, 0.15) is 0 Å². The van der Waals surface area contributed by atoms with Crippen LogP contribution in [0.1, 0.15) is 45.4 Å². The van der Waals surface area contributed by atoms with E-state index in [-0.39, 0.29) is 0 Å². The Morgan fingerprint density at radius 3 is 2.45 bits per heavy atom. The maximum absolute atomic E-state index is 3.91. The lowest BCUT2D eigenvalue weighted by Gasteiger charge is -2.37. The van der Waals surface area contributed by atoms with Crippen molar-refractivity contribution in [3.63, 3.8) is 0 Å². The summed E-state index contributed by atoms with van der Waals surface area (Å²) < 4.78 is 0. The molecule has 1 saturated carbocycles. The summed E-state index contributed by atoms with van der Waals surface area (Å²) in [5, 5.41) is 3.91. The minimum atomic E-state index is 0.715. The van der Waals surface area contributed by atoms with E-state index in [0.717, 1.165) is 35.8 Å². The molecule has 6 atom stereocenters. The third-order valence-electron chi connectivity index (χ3n) is 6.90. The van der Waals surface area contributed by atoms with Gasteiger partial charge < -0.3 is 10.2 Å². The lowest BCUT2D eigenvalue weighted by Crippen LogP contribution is -2.45. The van der Waals surface area contributed by atoms with E-state index in [1.807, 2.05) is 0 Å². The molecule has 112 valence electrons.